The van der Waals surface area contributed by atoms with E-state index in [0.717, 1.165) is 17.7 Å². The molecule has 1 aromatic carbocycles. The first-order valence-electron chi connectivity index (χ1n) is 5.50. The molecule has 3 rings (SSSR count). The zero-order valence-corrected chi connectivity index (χ0v) is 8.77. The van der Waals surface area contributed by atoms with Crippen LogP contribution in [0, 0.1) is 0 Å². The molecule has 16 heavy (non-hydrogen) atoms. The summed E-state index contributed by atoms with van der Waals surface area (Å²) in [6.07, 6.45) is 1.18. The highest BCUT2D eigenvalue weighted by Crippen LogP contribution is 2.47. The topological polar surface area (TPSA) is 58.6 Å². The van der Waals surface area contributed by atoms with Crippen LogP contribution in [0.4, 0.5) is 10.5 Å². The number of aliphatic hydroxyl groups excluding tert-OH is 1. The monoisotopic (exact) mass is 219 g/mol. The number of hydrogen-bond donors (Lipinski definition) is 2. The Bertz CT molecular complexity index is 446. The molecule has 84 valence electrons. The van der Waals surface area contributed by atoms with Crippen LogP contribution in [-0.4, -0.2) is 17.3 Å². The second kappa shape index (κ2) is 3.22. The van der Waals surface area contributed by atoms with Gasteiger partial charge in [-0.1, -0.05) is 18.2 Å². The minimum atomic E-state index is -0.821. The molecule has 1 saturated carbocycles. The zero-order chi connectivity index (χ0) is 11.2. The van der Waals surface area contributed by atoms with Gasteiger partial charge in [-0.05, 0) is 25.3 Å². The number of fused-ring (bicyclic) bond motifs is 2. The molecular weight excluding hydrogens is 206 g/mol. The van der Waals surface area contributed by atoms with Gasteiger partial charge in [0.15, 0.2) is 5.60 Å². The number of aliphatic hydroxyl groups is 1. The van der Waals surface area contributed by atoms with E-state index in [9.17, 15) is 9.90 Å². The first-order chi connectivity index (χ1) is 7.72. The Hall–Kier alpha value is -1.55. The van der Waals surface area contributed by atoms with Gasteiger partial charge in [-0.25, -0.2) is 4.79 Å². The predicted molar refractivity (Wildman–Crippen MR) is 58.1 cm³/mol. The van der Waals surface area contributed by atoms with E-state index in [-0.39, 0.29) is 0 Å². The van der Waals surface area contributed by atoms with Gasteiger partial charge in [0.05, 0.1) is 11.8 Å². The van der Waals surface area contributed by atoms with E-state index in [1.165, 1.54) is 0 Å². The maximum absolute atomic E-state index is 11.5. The zero-order valence-electron chi connectivity index (χ0n) is 8.77. The average molecular weight is 219 g/mol. The average Bonchev–Trinajstić information content (AvgIpc) is 2.61. The predicted octanol–water partition coefficient (Wildman–Crippen LogP) is 1.99. The molecule has 0 radical (unpaired) electrons. The Morgan fingerprint density at radius 1 is 1.44 bits per heavy atom. The van der Waals surface area contributed by atoms with Crippen molar-refractivity contribution in [3.63, 3.8) is 0 Å². The maximum Gasteiger partial charge on any atom is 0.412 e. The fourth-order valence-electron chi connectivity index (χ4n) is 2.71. The molecular formula is C12H13NO3. The van der Waals surface area contributed by atoms with Gasteiger partial charge in [0, 0.05) is 5.56 Å². The molecule has 1 fully saturated rings. The van der Waals surface area contributed by atoms with Gasteiger partial charge in [-0.3, -0.25) is 5.32 Å². The summed E-state index contributed by atoms with van der Waals surface area (Å²) in [4.78, 5) is 11.5. The van der Waals surface area contributed by atoms with Gasteiger partial charge in [0.2, 0.25) is 0 Å². The third-order valence-corrected chi connectivity index (χ3v) is 3.46. The van der Waals surface area contributed by atoms with Gasteiger partial charge < -0.3 is 9.84 Å². The van der Waals surface area contributed by atoms with Gasteiger partial charge in [0.25, 0.3) is 0 Å². The summed E-state index contributed by atoms with van der Waals surface area (Å²) in [7, 11) is 0. The van der Waals surface area contributed by atoms with Gasteiger partial charge in [0.1, 0.15) is 0 Å². The van der Waals surface area contributed by atoms with Gasteiger partial charge >= 0.3 is 6.09 Å². The first kappa shape index (κ1) is 9.66. The number of benzene rings is 1. The highest BCUT2D eigenvalue weighted by molar-refractivity contribution is 5.89. The number of anilines is 1. The lowest BCUT2D eigenvalue weighted by Crippen LogP contribution is -2.44. The summed E-state index contributed by atoms with van der Waals surface area (Å²) >= 11 is 0. The van der Waals surface area contributed by atoms with Gasteiger partial charge in [-0.2, -0.15) is 0 Å². The van der Waals surface area contributed by atoms with E-state index < -0.39 is 17.8 Å². The van der Waals surface area contributed by atoms with E-state index in [1.54, 1.807) is 0 Å². The standard InChI is InChI=1S/C12H13NO3/c14-10-6-3-7-12(10)8-4-1-2-5-9(8)13-11(15)16-12/h1-2,4-5,10,14H,3,6-7H2,(H,13,15). The third kappa shape index (κ3) is 1.16. The molecule has 2 N–H and O–H groups in total. The highest BCUT2D eigenvalue weighted by Gasteiger charge is 2.50. The summed E-state index contributed by atoms with van der Waals surface area (Å²) in [5.41, 5.74) is 0.818. The van der Waals surface area contributed by atoms with Crippen molar-refractivity contribution in [1.29, 1.82) is 0 Å². The Labute approximate surface area is 93.2 Å². The number of hydrogen-bond acceptors (Lipinski definition) is 3. The van der Waals surface area contributed by atoms with E-state index in [2.05, 4.69) is 5.32 Å². The minimum Gasteiger partial charge on any atom is -0.435 e. The van der Waals surface area contributed by atoms with Crippen molar-refractivity contribution in [3.8, 4) is 0 Å². The summed E-state index contributed by atoms with van der Waals surface area (Å²) in [5, 5.41) is 12.7. The summed E-state index contributed by atoms with van der Waals surface area (Å²) in [6, 6.07) is 7.50. The highest BCUT2D eigenvalue weighted by atomic mass is 16.6. The molecule has 4 nitrogen and oxygen atoms in total. The lowest BCUT2D eigenvalue weighted by Gasteiger charge is -2.37. The van der Waals surface area contributed by atoms with Crippen LogP contribution in [0.2, 0.25) is 0 Å². The summed E-state index contributed by atoms with van der Waals surface area (Å²) in [6.45, 7) is 0. The number of carbonyl (C=O) groups excluding carboxylic acids is 1. The van der Waals surface area contributed by atoms with Crippen molar-refractivity contribution in [1.82, 2.24) is 0 Å². The van der Waals surface area contributed by atoms with Gasteiger partial charge in [-0.15, -0.1) is 0 Å². The van der Waals surface area contributed by atoms with Crippen molar-refractivity contribution >= 4 is 11.8 Å². The number of amides is 1. The summed E-state index contributed by atoms with van der Waals surface area (Å²) in [5.74, 6) is 0. The van der Waals surface area contributed by atoms with Crippen molar-refractivity contribution < 1.29 is 14.6 Å². The minimum absolute atomic E-state index is 0.473. The van der Waals surface area contributed by atoms with Crippen molar-refractivity contribution in [2.75, 3.05) is 5.32 Å². The molecule has 0 bridgehead atoms. The van der Waals surface area contributed by atoms with Crippen molar-refractivity contribution in [2.24, 2.45) is 0 Å². The second-order valence-corrected chi connectivity index (χ2v) is 4.36. The van der Waals surface area contributed by atoms with Crippen LogP contribution in [0.3, 0.4) is 0 Å². The van der Waals surface area contributed by atoms with E-state index in [0.29, 0.717) is 12.8 Å². The van der Waals surface area contributed by atoms with E-state index in [1.807, 2.05) is 24.3 Å². The Morgan fingerprint density at radius 2 is 2.25 bits per heavy atom. The largest absolute Gasteiger partial charge is 0.435 e. The first-order valence-corrected chi connectivity index (χ1v) is 5.50. The maximum atomic E-state index is 11.5. The molecule has 4 heteroatoms. The smallest absolute Gasteiger partial charge is 0.412 e. The molecule has 2 unspecified atom stereocenters. The van der Waals surface area contributed by atoms with E-state index >= 15 is 0 Å². The van der Waals surface area contributed by atoms with Crippen LogP contribution in [0.25, 0.3) is 0 Å². The fourth-order valence-corrected chi connectivity index (χ4v) is 2.71. The number of nitrogens with one attached hydrogen (secondary N) is 1. The second-order valence-electron chi connectivity index (χ2n) is 4.36. The fraction of sp³-hybridized carbons (Fsp3) is 0.417. The molecule has 1 heterocycles. The van der Waals surface area contributed by atoms with Crippen molar-refractivity contribution in [3.05, 3.63) is 29.8 Å². The van der Waals surface area contributed by atoms with Crippen LogP contribution >= 0.6 is 0 Å². The lowest BCUT2D eigenvalue weighted by atomic mass is 9.87. The quantitative estimate of drug-likeness (QED) is 0.701. The molecule has 1 amide bonds. The SMILES string of the molecule is O=C1Nc2ccccc2C2(CCCC2O)O1. The summed E-state index contributed by atoms with van der Waals surface area (Å²) < 4.78 is 5.37. The van der Waals surface area contributed by atoms with Crippen molar-refractivity contribution in [2.45, 2.75) is 31.0 Å². The number of para-hydroxylation sites is 1. The molecule has 1 spiro atoms. The Morgan fingerprint density at radius 3 is 3.00 bits per heavy atom. The molecule has 1 aromatic rings. The molecule has 0 saturated heterocycles. The molecule has 0 aromatic heterocycles. The number of carbonyl (C=O) groups is 1. The normalized spacial score (nSPS) is 32.1. The molecule has 2 atom stereocenters. The molecule has 2 aliphatic rings. The van der Waals surface area contributed by atoms with Crippen LogP contribution in [-0.2, 0) is 10.3 Å². The van der Waals surface area contributed by atoms with E-state index in [4.69, 9.17) is 4.74 Å². The Balaban J connectivity index is 2.17. The molecule has 1 aliphatic carbocycles. The van der Waals surface area contributed by atoms with Crippen LogP contribution in [0.5, 0.6) is 0 Å². The van der Waals surface area contributed by atoms with Crippen LogP contribution in [0.15, 0.2) is 24.3 Å². The third-order valence-electron chi connectivity index (χ3n) is 3.46. The van der Waals surface area contributed by atoms with Crippen LogP contribution < -0.4 is 5.32 Å². The number of ether oxygens (including phenoxy) is 1. The van der Waals surface area contributed by atoms with Crippen LogP contribution in [0.1, 0.15) is 24.8 Å². The lowest BCUT2D eigenvalue weighted by molar-refractivity contribution is -0.0658. The molecule has 1 aliphatic heterocycles. The Kier molecular flexibility index (Phi) is 1.94. The number of rotatable bonds is 0.